The molecule has 6 nitrogen and oxygen atoms in total. The van der Waals surface area contributed by atoms with Crippen LogP contribution in [0, 0.1) is 0 Å². The predicted octanol–water partition coefficient (Wildman–Crippen LogP) is 3.37. The second-order valence-corrected chi connectivity index (χ2v) is 6.59. The van der Waals surface area contributed by atoms with Crippen LogP contribution < -0.4 is 0 Å². The second kappa shape index (κ2) is 6.29. The van der Waals surface area contributed by atoms with Crippen molar-refractivity contribution in [2.24, 2.45) is 4.99 Å². The van der Waals surface area contributed by atoms with E-state index in [9.17, 15) is 19.1 Å². The van der Waals surface area contributed by atoms with Gasteiger partial charge in [-0.1, -0.05) is 11.3 Å². The van der Waals surface area contributed by atoms with Crippen molar-refractivity contribution in [3.63, 3.8) is 0 Å². The molecule has 25 heavy (non-hydrogen) atoms. The van der Waals surface area contributed by atoms with Gasteiger partial charge in [0.1, 0.15) is 5.83 Å². The number of methoxy groups -OCH3 is 1. The third kappa shape index (κ3) is 2.89. The van der Waals surface area contributed by atoms with Gasteiger partial charge in [-0.05, 0) is 24.6 Å². The van der Waals surface area contributed by atoms with Crippen LogP contribution in [-0.2, 0) is 9.53 Å². The average molecular weight is 363 g/mol. The first-order valence-electron chi connectivity index (χ1n) is 7.34. The van der Waals surface area contributed by atoms with Gasteiger partial charge >= 0.3 is 5.97 Å². The lowest BCUT2D eigenvalue weighted by Gasteiger charge is -2.21. The molecule has 0 aromatic carbocycles. The summed E-state index contributed by atoms with van der Waals surface area (Å²) in [6.07, 6.45) is -0.495. The Hall–Kier alpha value is -2.74. The van der Waals surface area contributed by atoms with Crippen molar-refractivity contribution in [1.29, 1.82) is 0 Å². The lowest BCUT2D eigenvalue weighted by atomic mass is 9.85. The lowest BCUT2D eigenvalue weighted by Crippen LogP contribution is -2.20. The molecule has 2 N–H and O–H groups in total. The molecule has 0 atom stereocenters. The topological polar surface area (TPSA) is 96.2 Å². The third-order valence-corrected chi connectivity index (χ3v) is 4.84. The summed E-state index contributed by atoms with van der Waals surface area (Å²) in [6.45, 7) is 1.63. The van der Waals surface area contributed by atoms with Gasteiger partial charge in [0.25, 0.3) is 0 Å². The highest BCUT2D eigenvalue weighted by molar-refractivity contribution is 7.15. The molecule has 2 aliphatic rings. The largest absolute Gasteiger partial charge is 0.499 e. The minimum atomic E-state index is -1.08. The van der Waals surface area contributed by atoms with Gasteiger partial charge in [0.05, 0.1) is 29.7 Å². The number of Topliss-reactive ketones (excluding diaryl/α,β-unsaturated/α-hetero) is 1. The van der Waals surface area contributed by atoms with E-state index in [2.05, 4.69) is 4.99 Å². The number of nitrogens with zero attached hydrogens (tertiary/aromatic N) is 1. The van der Waals surface area contributed by atoms with Gasteiger partial charge < -0.3 is 14.9 Å². The zero-order chi connectivity index (χ0) is 18.3. The van der Waals surface area contributed by atoms with E-state index in [1.54, 1.807) is 6.92 Å². The van der Waals surface area contributed by atoms with Crippen LogP contribution in [0.3, 0.4) is 0 Å². The maximum absolute atomic E-state index is 14.4. The van der Waals surface area contributed by atoms with Crippen molar-refractivity contribution in [3.8, 4) is 5.06 Å². The number of allylic oxidation sites excluding steroid dienone is 4. The Kier molecular flexibility index (Phi) is 4.30. The van der Waals surface area contributed by atoms with Crippen molar-refractivity contribution < 1.29 is 28.9 Å². The molecule has 0 unspecified atom stereocenters. The summed E-state index contributed by atoms with van der Waals surface area (Å²) in [4.78, 5) is 28.6. The van der Waals surface area contributed by atoms with E-state index in [1.807, 2.05) is 0 Å². The van der Waals surface area contributed by atoms with Crippen LogP contribution in [0.1, 0.15) is 29.4 Å². The first kappa shape index (κ1) is 17.1. The number of carbonyl (C=O) groups is 2. The van der Waals surface area contributed by atoms with Crippen LogP contribution in [0.4, 0.5) is 4.39 Å². The minimum Gasteiger partial charge on any atom is -0.499 e. The fourth-order valence-electron chi connectivity index (χ4n) is 2.95. The first-order chi connectivity index (χ1) is 11.8. The Bertz CT molecular complexity index is 919. The van der Waals surface area contributed by atoms with Gasteiger partial charge in [-0.25, -0.2) is 4.39 Å². The van der Waals surface area contributed by atoms with E-state index in [0.29, 0.717) is 22.6 Å². The Balaban J connectivity index is 2.23. The molecule has 0 bridgehead atoms. The molecule has 2 heterocycles. The molecule has 1 aliphatic carbocycles. The molecule has 0 saturated heterocycles. The highest BCUT2D eigenvalue weighted by atomic mass is 32.1. The summed E-state index contributed by atoms with van der Waals surface area (Å²) in [5, 5.41) is 18.6. The molecule has 0 spiro atoms. The Morgan fingerprint density at radius 3 is 2.68 bits per heavy atom. The van der Waals surface area contributed by atoms with Gasteiger partial charge in [0.2, 0.25) is 5.78 Å². The molecule has 0 saturated carbocycles. The number of fused-ring (bicyclic) bond motifs is 1. The molecule has 0 radical (unpaired) electrons. The highest BCUT2D eigenvalue weighted by Crippen LogP contribution is 2.42. The Labute approximate surface area is 146 Å². The number of rotatable bonds is 5. The average Bonchev–Trinajstić information content (AvgIpc) is 3.09. The summed E-state index contributed by atoms with van der Waals surface area (Å²) >= 11 is 0.852. The van der Waals surface area contributed by atoms with Gasteiger partial charge in [-0.2, -0.15) is 0 Å². The smallest absolute Gasteiger partial charge is 0.307 e. The van der Waals surface area contributed by atoms with Crippen molar-refractivity contribution in [2.45, 2.75) is 19.8 Å². The normalized spacial score (nSPS) is 17.0. The van der Waals surface area contributed by atoms with Crippen LogP contribution in [0.5, 0.6) is 5.06 Å². The second-order valence-electron chi connectivity index (χ2n) is 5.52. The molecule has 0 amide bonds. The summed E-state index contributed by atoms with van der Waals surface area (Å²) in [5.41, 5.74) is 1.39. The molecule has 1 aliphatic heterocycles. The molecular weight excluding hydrogens is 349 g/mol. The van der Waals surface area contributed by atoms with Crippen LogP contribution in [0.15, 0.2) is 51.1 Å². The Morgan fingerprint density at radius 1 is 1.40 bits per heavy atom. The summed E-state index contributed by atoms with van der Waals surface area (Å²) in [7, 11) is 1.25. The van der Waals surface area contributed by atoms with E-state index >= 15 is 0 Å². The fourth-order valence-corrected chi connectivity index (χ4v) is 3.64. The summed E-state index contributed by atoms with van der Waals surface area (Å²) < 4.78 is 19.5. The number of thiophene rings is 1. The van der Waals surface area contributed by atoms with Crippen molar-refractivity contribution >= 4 is 28.8 Å². The number of aliphatic carboxylic acids is 1. The maximum atomic E-state index is 14.4. The number of hydrogen-bond acceptors (Lipinski definition) is 6. The first-order valence-corrected chi connectivity index (χ1v) is 8.15. The van der Waals surface area contributed by atoms with Gasteiger partial charge in [0, 0.05) is 17.7 Å². The molecule has 8 heteroatoms. The zero-order valence-corrected chi connectivity index (χ0v) is 14.2. The number of halogens is 1. The predicted molar refractivity (Wildman–Crippen MR) is 89.5 cm³/mol. The van der Waals surface area contributed by atoms with Crippen LogP contribution >= 0.6 is 11.3 Å². The number of carboxylic acids is 1. The van der Waals surface area contributed by atoms with E-state index in [0.717, 1.165) is 11.3 Å². The number of aliphatic imine (C=N–C) groups is 1. The van der Waals surface area contributed by atoms with Crippen LogP contribution in [-0.4, -0.2) is 34.8 Å². The number of ketones is 1. The summed E-state index contributed by atoms with van der Waals surface area (Å²) in [6, 6.07) is 2.79. The number of carboxylic acid groups (broad SMARTS) is 1. The number of aromatic hydroxyl groups is 1. The highest BCUT2D eigenvalue weighted by Gasteiger charge is 2.38. The molecule has 130 valence electrons. The number of carbonyl (C=O) groups excluding carboxylic acids is 1. The molecule has 1 aromatic heterocycles. The van der Waals surface area contributed by atoms with Gasteiger partial charge in [-0.15, -0.1) is 0 Å². The van der Waals surface area contributed by atoms with E-state index in [-0.39, 0.29) is 34.1 Å². The van der Waals surface area contributed by atoms with Gasteiger partial charge in [0.15, 0.2) is 10.8 Å². The molecular formula is C17H14FNO5S. The van der Waals surface area contributed by atoms with Crippen LogP contribution in [0.2, 0.25) is 0 Å². The molecule has 1 aromatic rings. The van der Waals surface area contributed by atoms with Gasteiger partial charge in [-0.3, -0.25) is 14.6 Å². The summed E-state index contributed by atoms with van der Waals surface area (Å²) in [5.74, 6) is -2.48. The minimum absolute atomic E-state index is 0.0500. The monoisotopic (exact) mass is 363 g/mol. The van der Waals surface area contributed by atoms with E-state index < -0.39 is 17.6 Å². The standard InChI is InChI=1S/C17H14FNO5S/c1-7-8(5-12(20)21)14-10(19-7)6-9(18)17(24-2)15(14)16(23)11-3-4-13(22)25-11/h3-4,22H,5-6H2,1-2H3,(H,20,21). The maximum Gasteiger partial charge on any atom is 0.307 e. The number of hydrogen-bond donors (Lipinski definition) is 2. The lowest BCUT2D eigenvalue weighted by molar-refractivity contribution is -0.136. The van der Waals surface area contributed by atoms with E-state index in [1.165, 1.54) is 19.2 Å². The Morgan fingerprint density at radius 2 is 2.12 bits per heavy atom. The fraction of sp³-hybridized carbons (Fsp3) is 0.235. The molecule has 3 rings (SSSR count). The van der Waals surface area contributed by atoms with Crippen molar-refractivity contribution in [3.05, 3.63) is 51.0 Å². The van der Waals surface area contributed by atoms with Crippen molar-refractivity contribution in [2.75, 3.05) is 7.11 Å². The van der Waals surface area contributed by atoms with Crippen molar-refractivity contribution in [1.82, 2.24) is 0 Å². The molecule has 0 fully saturated rings. The third-order valence-electron chi connectivity index (χ3n) is 3.95. The SMILES string of the molecule is COC1=C(F)CC2=NC(C)=C(CC(=O)O)C2=C1C(=O)c1ccc(O)s1. The quantitative estimate of drug-likeness (QED) is 0.782. The van der Waals surface area contributed by atoms with E-state index in [4.69, 9.17) is 9.84 Å². The van der Waals surface area contributed by atoms with Crippen LogP contribution in [0.25, 0.3) is 0 Å². The number of ether oxygens (including phenoxy) is 1. The zero-order valence-electron chi connectivity index (χ0n) is 13.4.